The number of aliphatic hydroxyl groups excluding tert-OH is 1. The van der Waals surface area contributed by atoms with Gasteiger partial charge in [-0.15, -0.1) is 0 Å². The smallest absolute Gasteiger partial charge is 0.338 e. The summed E-state index contributed by atoms with van der Waals surface area (Å²) in [6.07, 6.45) is -11.3. The van der Waals surface area contributed by atoms with Crippen molar-refractivity contribution in [2.24, 2.45) is 71.6 Å². The van der Waals surface area contributed by atoms with Crippen molar-refractivity contribution in [1.29, 1.82) is 0 Å². The molecule has 0 saturated carbocycles. The van der Waals surface area contributed by atoms with Gasteiger partial charge in [0.05, 0.1) is 21.5 Å². The monoisotopic (exact) mass is 1020 g/mol. The van der Waals surface area contributed by atoms with Gasteiger partial charge in [0.25, 0.3) is 40.9 Å². The molecule has 0 aliphatic heterocycles. The van der Waals surface area contributed by atoms with Crippen LogP contribution in [0.25, 0.3) is 0 Å². The summed E-state index contributed by atoms with van der Waals surface area (Å²) in [6.45, 7) is -0.677. The van der Waals surface area contributed by atoms with E-state index in [9.17, 15) is 64.0 Å². The van der Waals surface area contributed by atoms with Crippen LogP contribution >= 0.6 is 0 Å². The molecule has 0 spiro atoms. The van der Waals surface area contributed by atoms with E-state index in [2.05, 4.69) is 30.6 Å². The number of hydrogen-bond donors (Lipinski definition) is 16. The highest BCUT2D eigenvalue weighted by molar-refractivity contribution is 6.01. The lowest BCUT2D eigenvalue weighted by atomic mass is 10.0. The summed E-state index contributed by atoms with van der Waals surface area (Å²) < 4.78 is 0. The largest absolute Gasteiger partial charge is 0.478 e. The van der Waals surface area contributed by atoms with Crippen molar-refractivity contribution in [3.05, 3.63) is 104 Å². The summed E-state index contributed by atoms with van der Waals surface area (Å²) >= 11 is 0. The van der Waals surface area contributed by atoms with E-state index in [1.54, 1.807) is 31.1 Å². The van der Waals surface area contributed by atoms with Gasteiger partial charge in [-0.25, -0.2) is 24.8 Å². The van der Waals surface area contributed by atoms with Crippen LogP contribution in [-0.2, 0) is 35.3 Å². The molecular formula is C38H50N22O13. The number of nitrogens with zero attached hydrogens (tertiary/aromatic N) is 8. The maximum Gasteiger partial charge on any atom is 0.338 e. The predicted octanol–water partition coefficient (Wildman–Crippen LogP) is -7.20. The summed E-state index contributed by atoms with van der Waals surface area (Å²) in [6, 6.07) is 11.9. The number of carboxylic acid groups (broad SMARTS) is 1. The van der Waals surface area contributed by atoms with Gasteiger partial charge in [0.15, 0.2) is 23.8 Å². The zero-order valence-corrected chi connectivity index (χ0v) is 38.2. The second kappa shape index (κ2) is 25.1. The molecule has 0 aliphatic rings. The Morgan fingerprint density at radius 1 is 0.603 bits per heavy atom. The standard InChI is InChI=1S/C38H50N22O13/c1-57(2)17-10-8-15(9-11-17)14-58(22-19(34(68)69)12-18(59(70)71)13-20(22)60(72)73)33(67)32(66)48-21(16-6-4-3-5-7-16)28(62)50-25(54-36(42)43)30(64)52-27(56-38(46)47)31(65)51-26(55-37(44)45)29(63)49-24(23(39)61)53-35(40)41/h3-13,21,24-27,33,67H,14H2,1-2H3,(H2,39,61)(H,48,66)(H,49,63)(H,50,62)(H,51,65)(H,52,64)(H,68,69)(H4,40,41,53)(H4,42,43,54)(H4,44,45,55)(H4,46,47,56). The van der Waals surface area contributed by atoms with Gasteiger partial charge in [-0.1, -0.05) is 42.5 Å². The molecule has 3 aromatic carbocycles. The predicted molar refractivity (Wildman–Crippen MR) is 257 cm³/mol. The van der Waals surface area contributed by atoms with Crippen LogP contribution in [0.5, 0.6) is 0 Å². The molecule has 0 aromatic heterocycles. The first kappa shape index (κ1) is 56.7. The summed E-state index contributed by atoms with van der Waals surface area (Å²) in [5, 5.41) is 56.4. The van der Waals surface area contributed by atoms with Crippen molar-refractivity contribution in [2.75, 3.05) is 23.9 Å². The van der Waals surface area contributed by atoms with Gasteiger partial charge in [-0.2, -0.15) is 0 Å². The van der Waals surface area contributed by atoms with E-state index in [1.807, 2.05) is 16.0 Å². The number of carbonyl (C=O) groups is 7. The first-order chi connectivity index (χ1) is 34.1. The maximum absolute atomic E-state index is 14.3. The van der Waals surface area contributed by atoms with Crippen LogP contribution < -0.4 is 88.0 Å². The van der Waals surface area contributed by atoms with Crippen molar-refractivity contribution in [3.8, 4) is 0 Å². The number of rotatable bonds is 24. The average molecular weight is 1020 g/mol. The molecule has 3 rings (SSSR count). The summed E-state index contributed by atoms with van der Waals surface area (Å²) in [7, 11) is 3.43. The van der Waals surface area contributed by atoms with Crippen LogP contribution in [-0.4, -0.2) is 130 Å². The van der Waals surface area contributed by atoms with Crippen molar-refractivity contribution in [2.45, 2.75) is 43.5 Å². The number of aliphatic hydroxyl groups is 1. The Hall–Kier alpha value is -10.6. The molecule has 0 radical (unpaired) electrons. The van der Waals surface area contributed by atoms with Gasteiger partial charge in [-0.3, -0.25) is 49.0 Å². The fourth-order valence-corrected chi connectivity index (χ4v) is 6.09. The second-order valence-corrected chi connectivity index (χ2v) is 14.9. The first-order valence-electron chi connectivity index (χ1n) is 20.2. The number of non-ortho nitro benzene ring substituents is 1. The molecule has 3 aromatic rings. The molecule has 0 fully saturated rings. The lowest BCUT2D eigenvalue weighted by molar-refractivity contribution is -0.393. The third-order valence-corrected chi connectivity index (χ3v) is 9.26. The fraction of sp³-hybridized carbons (Fsp3) is 0.237. The summed E-state index contributed by atoms with van der Waals surface area (Å²) in [4.78, 5) is 132. The molecule has 0 aliphatic carbocycles. The minimum atomic E-state index is -2.65. The van der Waals surface area contributed by atoms with Gasteiger partial charge in [0, 0.05) is 32.4 Å². The van der Waals surface area contributed by atoms with Gasteiger partial charge < -0.3 is 98.2 Å². The number of carboxylic acids is 1. The molecule has 6 atom stereocenters. The quantitative estimate of drug-likeness (QED) is 0.0130. The number of aromatic carboxylic acids is 1. The Labute approximate surface area is 410 Å². The molecule has 0 heterocycles. The Bertz CT molecular complexity index is 2680. The number of aliphatic imine (C=N–C) groups is 4. The van der Waals surface area contributed by atoms with Gasteiger partial charge in [-0.05, 0) is 23.3 Å². The number of benzene rings is 3. The number of anilines is 2. The number of hydrogen-bond acceptors (Lipinski definition) is 18. The Balaban J connectivity index is 2.09. The van der Waals surface area contributed by atoms with E-state index in [4.69, 9.17) is 51.6 Å². The first-order valence-corrected chi connectivity index (χ1v) is 20.2. The van der Waals surface area contributed by atoms with E-state index in [0.29, 0.717) is 22.7 Å². The Kier molecular flexibility index (Phi) is 19.5. The van der Waals surface area contributed by atoms with Crippen LogP contribution in [0.2, 0.25) is 0 Å². The van der Waals surface area contributed by atoms with Gasteiger partial charge in [0.1, 0.15) is 11.7 Å². The minimum absolute atomic E-state index is 0.0806. The lowest BCUT2D eigenvalue weighted by Crippen LogP contribution is -2.58. The number of nitro benzene ring substituents is 2. The molecule has 25 N–H and O–H groups in total. The number of carbonyl (C=O) groups excluding carboxylic acids is 6. The van der Waals surface area contributed by atoms with Crippen LogP contribution in [0.3, 0.4) is 0 Å². The number of guanidine groups is 4. The Morgan fingerprint density at radius 3 is 1.44 bits per heavy atom. The van der Waals surface area contributed by atoms with Crippen LogP contribution in [0, 0.1) is 20.2 Å². The zero-order chi connectivity index (χ0) is 55.0. The third kappa shape index (κ3) is 16.3. The van der Waals surface area contributed by atoms with E-state index in [0.717, 1.165) is 0 Å². The van der Waals surface area contributed by atoms with Crippen LogP contribution in [0.4, 0.5) is 22.7 Å². The number of primary amides is 1. The molecular weight excluding hydrogens is 973 g/mol. The molecule has 35 heteroatoms. The number of nitrogens with two attached hydrogens (primary N) is 9. The van der Waals surface area contributed by atoms with Gasteiger partial charge in [0.2, 0.25) is 36.8 Å². The number of amides is 6. The molecule has 73 heavy (non-hydrogen) atoms. The van der Waals surface area contributed by atoms with E-state index < -0.39 is 141 Å². The van der Waals surface area contributed by atoms with Crippen LogP contribution in [0.1, 0.15) is 27.5 Å². The van der Waals surface area contributed by atoms with E-state index in [-0.39, 0.29) is 11.1 Å². The average Bonchev–Trinajstić information content (AvgIpc) is 3.30. The van der Waals surface area contributed by atoms with Gasteiger partial charge >= 0.3 is 5.97 Å². The molecule has 390 valence electrons. The minimum Gasteiger partial charge on any atom is -0.478 e. The zero-order valence-electron chi connectivity index (χ0n) is 38.2. The fourth-order valence-electron chi connectivity index (χ4n) is 6.09. The maximum atomic E-state index is 14.3. The Morgan fingerprint density at radius 2 is 1.04 bits per heavy atom. The third-order valence-electron chi connectivity index (χ3n) is 9.26. The van der Waals surface area contributed by atoms with Crippen molar-refractivity contribution >= 4 is 88.0 Å². The molecule has 35 nitrogen and oxygen atoms in total. The number of nitro groups is 2. The topological polar surface area (TPSA) is 596 Å². The molecule has 6 amide bonds. The molecule has 6 unspecified atom stereocenters. The molecule has 0 saturated heterocycles. The van der Waals surface area contributed by atoms with Crippen LogP contribution in [0.15, 0.2) is 86.7 Å². The molecule has 0 bridgehead atoms. The number of nitrogens with one attached hydrogen (secondary N) is 5. The highest BCUT2D eigenvalue weighted by Crippen LogP contribution is 2.38. The van der Waals surface area contributed by atoms with Crippen molar-refractivity contribution < 1.29 is 53.6 Å². The second-order valence-electron chi connectivity index (χ2n) is 14.9. The highest BCUT2D eigenvalue weighted by atomic mass is 16.6. The van der Waals surface area contributed by atoms with E-state index in [1.165, 1.54) is 42.5 Å². The summed E-state index contributed by atoms with van der Waals surface area (Å²) in [5.74, 6) is -13.7. The highest BCUT2D eigenvalue weighted by Gasteiger charge is 2.39. The van der Waals surface area contributed by atoms with E-state index >= 15 is 0 Å². The summed E-state index contributed by atoms with van der Waals surface area (Å²) in [5.41, 5.74) is 45.1. The van der Waals surface area contributed by atoms with Crippen molar-refractivity contribution in [1.82, 2.24) is 26.6 Å². The normalized spacial score (nSPS) is 12.9. The SMILES string of the molecule is CN(C)c1ccc(CN(c2c(C(=O)O)cc([N+](=O)[O-])cc2[N+](=O)[O-])C(O)C(=O)NC(C(=O)NC(N=C(N)N)C(=O)NC(N=C(N)N)C(=O)NC(N=C(N)N)C(=O)NC(N=C(N)N)C(N)=O)c2ccccc2)cc1. The lowest BCUT2D eigenvalue weighted by Gasteiger charge is -2.31. The van der Waals surface area contributed by atoms with Crippen molar-refractivity contribution in [3.63, 3.8) is 0 Å².